The van der Waals surface area contributed by atoms with Gasteiger partial charge in [-0.15, -0.1) is 0 Å². The number of anilines is 1. The molecule has 0 heterocycles. The standard InChI is InChI=1S/C30H34Cl3N3O4S/c1-20(2)17-34-30(38)28(15-22-9-6-5-7-10-22)35(18-24-25(32)11-8-12-26(24)33)29(37)19-36(41(4,39)40)27-16-23(31)14-13-21(27)3/h5-14,16,20,28H,15,17-19H2,1-4H3,(H,34,38)/t28-/m1/s1. The number of hydrogen-bond donors (Lipinski definition) is 1. The van der Waals surface area contributed by atoms with E-state index in [0.29, 0.717) is 32.7 Å². The summed E-state index contributed by atoms with van der Waals surface area (Å²) in [7, 11) is -3.93. The smallest absolute Gasteiger partial charge is 0.244 e. The Morgan fingerprint density at radius 2 is 1.56 bits per heavy atom. The number of aryl methyl sites for hydroxylation is 1. The summed E-state index contributed by atoms with van der Waals surface area (Å²) in [6.45, 7) is 5.39. The van der Waals surface area contributed by atoms with E-state index in [0.717, 1.165) is 16.1 Å². The van der Waals surface area contributed by atoms with Gasteiger partial charge in [0.25, 0.3) is 0 Å². The molecule has 1 atom stereocenters. The van der Waals surface area contributed by atoms with Crippen LogP contribution in [0.25, 0.3) is 0 Å². The minimum absolute atomic E-state index is 0.115. The number of carbonyl (C=O) groups excluding carboxylic acids is 2. The van der Waals surface area contributed by atoms with Crippen molar-refractivity contribution in [3.63, 3.8) is 0 Å². The van der Waals surface area contributed by atoms with Crippen LogP contribution in [-0.4, -0.2) is 50.5 Å². The zero-order valence-corrected chi connectivity index (χ0v) is 26.5. The molecule has 0 saturated heterocycles. The van der Waals surface area contributed by atoms with Crippen LogP contribution in [0.4, 0.5) is 5.69 Å². The molecule has 0 unspecified atom stereocenters. The average molecular weight is 639 g/mol. The summed E-state index contributed by atoms with van der Waals surface area (Å²) in [5.41, 5.74) is 2.16. The van der Waals surface area contributed by atoms with E-state index in [4.69, 9.17) is 34.8 Å². The van der Waals surface area contributed by atoms with Gasteiger partial charge in [0, 0.05) is 40.1 Å². The Kier molecular flexibility index (Phi) is 11.5. The maximum atomic E-state index is 14.2. The first-order chi connectivity index (χ1) is 19.3. The minimum atomic E-state index is -3.93. The summed E-state index contributed by atoms with van der Waals surface area (Å²) < 4.78 is 27.0. The zero-order chi connectivity index (χ0) is 30.3. The van der Waals surface area contributed by atoms with E-state index in [-0.39, 0.29) is 30.5 Å². The molecular formula is C30H34Cl3N3O4S. The number of hydrogen-bond acceptors (Lipinski definition) is 4. The molecule has 0 aliphatic heterocycles. The van der Waals surface area contributed by atoms with Crippen molar-refractivity contribution in [1.82, 2.24) is 10.2 Å². The maximum Gasteiger partial charge on any atom is 0.244 e. The van der Waals surface area contributed by atoms with Crippen molar-refractivity contribution >= 4 is 62.3 Å². The highest BCUT2D eigenvalue weighted by Crippen LogP contribution is 2.29. The summed E-state index contributed by atoms with van der Waals surface area (Å²) in [5.74, 6) is -0.805. The maximum absolute atomic E-state index is 14.2. The van der Waals surface area contributed by atoms with E-state index >= 15 is 0 Å². The van der Waals surface area contributed by atoms with Crippen LogP contribution in [0.2, 0.25) is 15.1 Å². The van der Waals surface area contributed by atoms with E-state index in [2.05, 4.69) is 5.32 Å². The Balaban J connectivity index is 2.12. The predicted molar refractivity (Wildman–Crippen MR) is 167 cm³/mol. The summed E-state index contributed by atoms with van der Waals surface area (Å²) in [4.78, 5) is 29.2. The third-order valence-electron chi connectivity index (χ3n) is 6.46. The lowest BCUT2D eigenvalue weighted by Crippen LogP contribution is -2.53. The molecule has 3 aromatic carbocycles. The quantitative estimate of drug-likeness (QED) is 0.259. The van der Waals surface area contributed by atoms with Gasteiger partial charge in [-0.1, -0.05) is 91.1 Å². The molecule has 0 bridgehead atoms. The number of nitrogens with one attached hydrogen (secondary N) is 1. The van der Waals surface area contributed by atoms with Gasteiger partial charge in [-0.3, -0.25) is 13.9 Å². The topological polar surface area (TPSA) is 86.8 Å². The van der Waals surface area contributed by atoms with Gasteiger partial charge in [-0.25, -0.2) is 8.42 Å². The van der Waals surface area contributed by atoms with Gasteiger partial charge in [0.2, 0.25) is 21.8 Å². The number of nitrogens with zero attached hydrogens (tertiary/aromatic N) is 2. The first-order valence-corrected chi connectivity index (χ1v) is 16.0. The van der Waals surface area contributed by atoms with E-state index in [1.165, 1.54) is 11.0 Å². The molecule has 11 heteroatoms. The molecular weight excluding hydrogens is 605 g/mol. The van der Waals surface area contributed by atoms with Crippen molar-refractivity contribution < 1.29 is 18.0 Å². The van der Waals surface area contributed by atoms with Gasteiger partial charge in [0.15, 0.2) is 0 Å². The number of halogens is 3. The summed E-state index contributed by atoms with van der Waals surface area (Å²) in [6, 6.07) is 18.1. The van der Waals surface area contributed by atoms with E-state index in [1.807, 2.05) is 44.2 Å². The fourth-order valence-corrected chi connectivity index (χ4v) is 5.86. The van der Waals surface area contributed by atoms with Gasteiger partial charge in [-0.05, 0) is 48.2 Å². The van der Waals surface area contributed by atoms with Crippen LogP contribution in [0.15, 0.2) is 66.7 Å². The van der Waals surface area contributed by atoms with Crippen LogP contribution in [0.3, 0.4) is 0 Å². The molecule has 0 spiro atoms. The summed E-state index contributed by atoms with van der Waals surface area (Å²) >= 11 is 19.2. The Labute approximate surface area is 257 Å². The van der Waals surface area contributed by atoms with Crippen LogP contribution >= 0.6 is 34.8 Å². The van der Waals surface area contributed by atoms with Crippen LogP contribution in [-0.2, 0) is 32.6 Å². The third-order valence-corrected chi connectivity index (χ3v) is 8.53. The lowest BCUT2D eigenvalue weighted by molar-refractivity contribution is -0.140. The molecule has 2 amide bonds. The molecule has 41 heavy (non-hydrogen) atoms. The van der Waals surface area contributed by atoms with Crippen molar-refractivity contribution in [2.75, 3.05) is 23.7 Å². The highest BCUT2D eigenvalue weighted by atomic mass is 35.5. The molecule has 1 N–H and O–H groups in total. The molecule has 0 fully saturated rings. The number of rotatable bonds is 12. The first-order valence-electron chi connectivity index (χ1n) is 13.1. The highest BCUT2D eigenvalue weighted by molar-refractivity contribution is 7.92. The van der Waals surface area contributed by atoms with Gasteiger partial charge in [0.1, 0.15) is 12.6 Å². The molecule has 0 saturated carbocycles. The van der Waals surface area contributed by atoms with Crippen molar-refractivity contribution in [1.29, 1.82) is 0 Å². The summed E-state index contributed by atoms with van der Waals surface area (Å²) in [6.07, 6.45) is 1.21. The molecule has 3 rings (SSSR count). The number of sulfonamides is 1. The molecule has 0 aliphatic rings. The van der Waals surface area contributed by atoms with Gasteiger partial charge in [-0.2, -0.15) is 0 Å². The van der Waals surface area contributed by atoms with Gasteiger partial charge in [0.05, 0.1) is 11.9 Å². The second-order valence-electron chi connectivity index (χ2n) is 10.3. The minimum Gasteiger partial charge on any atom is -0.354 e. The number of carbonyl (C=O) groups is 2. The van der Waals surface area contributed by atoms with Crippen LogP contribution < -0.4 is 9.62 Å². The Morgan fingerprint density at radius 1 is 0.927 bits per heavy atom. The van der Waals surface area contributed by atoms with E-state index in [9.17, 15) is 18.0 Å². The second-order valence-corrected chi connectivity index (χ2v) is 13.4. The van der Waals surface area contributed by atoms with E-state index in [1.54, 1.807) is 37.3 Å². The average Bonchev–Trinajstić information content (AvgIpc) is 2.90. The van der Waals surface area contributed by atoms with Crippen molar-refractivity contribution in [3.8, 4) is 0 Å². The summed E-state index contributed by atoms with van der Waals surface area (Å²) in [5, 5.41) is 3.90. The van der Waals surface area contributed by atoms with Crippen molar-refractivity contribution in [2.45, 2.75) is 39.8 Å². The Hall–Kier alpha value is -2.78. The Morgan fingerprint density at radius 3 is 2.15 bits per heavy atom. The van der Waals surface area contributed by atoms with E-state index < -0.39 is 28.5 Å². The van der Waals surface area contributed by atoms with Crippen LogP contribution in [0.5, 0.6) is 0 Å². The monoisotopic (exact) mass is 637 g/mol. The molecule has 0 aromatic heterocycles. The normalized spacial score (nSPS) is 12.2. The molecule has 0 aliphatic carbocycles. The van der Waals surface area contributed by atoms with Crippen LogP contribution in [0, 0.1) is 12.8 Å². The lowest BCUT2D eigenvalue weighted by atomic mass is 10.0. The zero-order valence-electron chi connectivity index (χ0n) is 23.4. The molecule has 3 aromatic rings. The van der Waals surface area contributed by atoms with Crippen LogP contribution in [0.1, 0.15) is 30.5 Å². The third kappa shape index (κ3) is 9.10. The number of benzene rings is 3. The fraction of sp³-hybridized carbons (Fsp3) is 0.333. The predicted octanol–water partition coefficient (Wildman–Crippen LogP) is 6.13. The molecule has 7 nitrogen and oxygen atoms in total. The van der Waals surface area contributed by atoms with Crippen molar-refractivity contribution in [3.05, 3.63) is 98.5 Å². The first kappa shape index (κ1) is 32.7. The second kappa shape index (κ2) is 14.4. The number of amides is 2. The molecule has 220 valence electrons. The SMILES string of the molecule is Cc1ccc(Cl)cc1N(CC(=O)N(Cc1c(Cl)cccc1Cl)[C@H](Cc1ccccc1)C(=O)NCC(C)C)S(C)(=O)=O. The van der Waals surface area contributed by atoms with Gasteiger partial charge >= 0.3 is 0 Å². The lowest BCUT2D eigenvalue weighted by Gasteiger charge is -2.34. The Bertz CT molecular complexity index is 1460. The van der Waals surface area contributed by atoms with Crippen molar-refractivity contribution in [2.24, 2.45) is 5.92 Å². The highest BCUT2D eigenvalue weighted by Gasteiger charge is 2.34. The molecule has 0 radical (unpaired) electrons. The van der Waals surface area contributed by atoms with Gasteiger partial charge < -0.3 is 10.2 Å². The fourth-order valence-electron chi connectivity index (χ4n) is 4.28. The largest absolute Gasteiger partial charge is 0.354 e.